The summed E-state index contributed by atoms with van der Waals surface area (Å²) in [6, 6.07) is 17.7. The van der Waals surface area contributed by atoms with Crippen molar-refractivity contribution in [2.24, 2.45) is 5.10 Å². The quantitative estimate of drug-likeness (QED) is 0.288. The third kappa shape index (κ3) is 7.05. The van der Waals surface area contributed by atoms with Gasteiger partial charge in [-0.3, -0.25) is 9.59 Å². The van der Waals surface area contributed by atoms with Crippen molar-refractivity contribution in [2.45, 2.75) is 13.5 Å². The van der Waals surface area contributed by atoms with Crippen LogP contribution < -0.4 is 20.2 Å². The van der Waals surface area contributed by atoms with Crippen LogP contribution in [0.1, 0.15) is 18.1 Å². The Morgan fingerprint density at radius 2 is 1.76 bits per heavy atom. The summed E-state index contributed by atoms with van der Waals surface area (Å²) >= 11 is 5.79. The molecule has 0 saturated heterocycles. The van der Waals surface area contributed by atoms with Gasteiger partial charge in [0.2, 0.25) is 0 Å². The Labute approximate surface area is 195 Å². The number of amides is 2. The SMILES string of the molecule is CCOc1cc(C=NNC(=O)C(=O)Nc2ccc(Cl)cc2)ccc1OCc1ccccc1F. The second-order valence-corrected chi connectivity index (χ2v) is 7.12. The Kier molecular flexibility index (Phi) is 8.37. The fourth-order valence-corrected chi connectivity index (χ4v) is 2.83. The summed E-state index contributed by atoms with van der Waals surface area (Å²) in [4.78, 5) is 23.9. The van der Waals surface area contributed by atoms with Gasteiger partial charge in [-0.15, -0.1) is 0 Å². The average molecular weight is 470 g/mol. The zero-order chi connectivity index (χ0) is 23.6. The van der Waals surface area contributed by atoms with E-state index < -0.39 is 11.8 Å². The highest BCUT2D eigenvalue weighted by Gasteiger charge is 2.13. The maximum atomic E-state index is 13.8. The number of hydrogen-bond acceptors (Lipinski definition) is 5. The molecule has 3 aromatic rings. The number of ether oxygens (including phenoxy) is 2. The van der Waals surface area contributed by atoms with E-state index in [4.69, 9.17) is 21.1 Å². The van der Waals surface area contributed by atoms with Gasteiger partial charge < -0.3 is 14.8 Å². The third-order valence-electron chi connectivity index (χ3n) is 4.30. The molecule has 0 fully saturated rings. The van der Waals surface area contributed by atoms with E-state index >= 15 is 0 Å². The fourth-order valence-electron chi connectivity index (χ4n) is 2.70. The van der Waals surface area contributed by atoms with Crippen LogP contribution in [0, 0.1) is 5.82 Å². The van der Waals surface area contributed by atoms with E-state index in [1.807, 2.05) is 6.92 Å². The molecule has 170 valence electrons. The second-order valence-electron chi connectivity index (χ2n) is 6.68. The molecular formula is C24H21ClFN3O4. The molecule has 0 aliphatic rings. The summed E-state index contributed by atoms with van der Waals surface area (Å²) in [6.07, 6.45) is 1.36. The van der Waals surface area contributed by atoms with Gasteiger partial charge in [-0.1, -0.05) is 29.8 Å². The molecule has 3 aromatic carbocycles. The smallest absolute Gasteiger partial charge is 0.329 e. The monoisotopic (exact) mass is 469 g/mol. The van der Waals surface area contributed by atoms with Gasteiger partial charge in [-0.05, 0) is 61.0 Å². The van der Waals surface area contributed by atoms with Gasteiger partial charge in [0.05, 0.1) is 12.8 Å². The lowest BCUT2D eigenvalue weighted by molar-refractivity contribution is -0.136. The number of nitrogens with one attached hydrogen (secondary N) is 2. The zero-order valence-electron chi connectivity index (χ0n) is 17.7. The first-order valence-electron chi connectivity index (χ1n) is 9.99. The van der Waals surface area contributed by atoms with Crippen LogP contribution in [-0.2, 0) is 16.2 Å². The Hall–Kier alpha value is -3.91. The molecule has 0 saturated carbocycles. The Bertz CT molecular complexity index is 1150. The summed E-state index contributed by atoms with van der Waals surface area (Å²) in [5.41, 5.74) is 3.60. The predicted octanol–water partition coefficient (Wildman–Crippen LogP) is 4.55. The molecule has 0 aromatic heterocycles. The topological polar surface area (TPSA) is 89.0 Å². The molecule has 7 nitrogen and oxygen atoms in total. The van der Waals surface area contributed by atoms with Gasteiger partial charge in [0.1, 0.15) is 12.4 Å². The summed E-state index contributed by atoms with van der Waals surface area (Å²) in [5.74, 6) is -1.29. The van der Waals surface area contributed by atoms with Crippen LogP contribution in [0.2, 0.25) is 5.02 Å². The highest BCUT2D eigenvalue weighted by atomic mass is 35.5. The maximum absolute atomic E-state index is 13.8. The van der Waals surface area contributed by atoms with E-state index in [0.29, 0.717) is 39.9 Å². The lowest BCUT2D eigenvalue weighted by atomic mass is 10.2. The molecule has 0 atom stereocenters. The van der Waals surface area contributed by atoms with E-state index in [2.05, 4.69) is 15.8 Å². The van der Waals surface area contributed by atoms with E-state index in [1.165, 1.54) is 12.3 Å². The lowest BCUT2D eigenvalue weighted by Gasteiger charge is -2.13. The highest BCUT2D eigenvalue weighted by Crippen LogP contribution is 2.29. The summed E-state index contributed by atoms with van der Waals surface area (Å²) in [5, 5.41) is 6.75. The van der Waals surface area contributed by atoms with Crippen LogP contribution in [-0.4, -0.2) is 24.6 Å². The number of hydrazone groups is 1. The standard InChI is InChI=1S/C24H21ClFN3O4/c1-2-32-22-13-16(7-12-21(22)33-15-17-5-3-4-6-20(17)26)14-27-29-24(31)23(30)28-19-10-8-18(25)9-11-19/h3-14H,2,15H2,1H3,(H,28,30)(H,29,31). The lowest BCUT2D eigenvalue weighted by Crippen LogP contribution is -2.32. The van der Waals surface area contributed by atoms with Crippen LogP contribution in [0.25, 0.3) is 0 Å². The number of rotatable bonds is 8. The van der Waals surface area contributed by atoms with E-state index in [9.17, 15) is 14.0 Å². The Balaban J connectivity index is 1.59. The summed E-state index contributed by atoms with van der Waals surface area (Å²) in [6.45, 7) is 2.25. The summed E-state index contributed by atoms with van der Waals surface area (Å²) < 4.78 is 25.1. The molecule has 9 heteroatoms. The van der Waals surface area contributed by atoms with Gasteiger partial charge >= 0.3 is 11.8 Å². The molecule has 3 rings (SSSR count). The molecule has 0 heterocycles. The van der Waals surface area contributed by atoms with Crippen LogP contribution in [0.3, 0.4) is 0 Å². The van der Waals surface area contributed by atoms with Gasteiger partial charge in [-0.2, -0.15) is 5.10 Å². The number of anilines is 1. The van der Waals surface area contributed by atoms with Crippen LogP contribution >= 0.6 is 11.6 Å². The maximum Gasteiger partial charge on any atom is 0.329 e. The molecule has 0 radical (unpaired) electrons. The largest absolute Gasteiger partial charge is 0.490 e. The molecular weight excluding hydrogens is 449 g/mol. The van der Waals surface area contributed by atoms with Crippen molar-refractivity contribution < 1.29 is 23.5 Å². The van der Waals surface area contributed by atoms with Crippen molar-refractivity contribution in [2.75, 3.05) is 11.9 Å². The second kappa shape index (κ2) is 11.6. The molecule has 0 spiro atoms. The van der Waals surface area contributed by atoms with E-state index in [0.717, 1.165) is 0 Å². The molecule has 2 N–H and O–H groups in total. The van der Waals surface area contributed by atoms with Crippen molar-refractivity contribution in [1.29, 1.82) is 0 Å². The van der Waals surface area contributed by atoms with Crippen molar-refractivity contribution in [3.05, 3.63) is 88.7 Å². The third-order valence-corrected chi connectivity index (χ3v) is 4.55. The van der Waals surface area contributed by atoms with Gasteiger partial charge in [0, 0.05) is 16.3 Å². The number of carbonyl (C=O) groups excluding carboxylic acids is 2. The minimum atomic E-state index is -0.934. The van der Waals surface area contributed by atoms with Gasteiger partial charge in [-0.25, -0.2) is 9.82 Å². The van der Waals surface area contributed by atoms with Crippen LogP contribution in [0.4, 0.5) is 10.1 Å². The first kappa shape index (κ1) is 23.7. The Morgan fingerprint density at radius 1 is 1.00 bits per heavy atom. The molecule has 0 unspecified atom stereocenters. The summed E-state index contributed by atoms with van der Waals surface area (Å²) in [7, 11) is 0. The zero-order valence-corrected chi connectivity index (χ0v) is 18.4. The van der Waals surface area contributed by atoms with Crippen LogP contribution in [0.15, 0.2) is 71.8 Å². The van der Waals surface area contributed by atoms with Gasteiger partial charge in [0.25, 0.3) is 0 Å². The van der Waals surface area contributed by atoms with Crippen molar-refractivity contribution in [1.82, 2.24) is 5.43 Å². The number of hydrogen-bond donors (Lipinski definition) is 2. The number of nitrogens with zero attached hydrogens (tertiary/aromatic N) is 1. The minimum absolute atomic E-state index is 0.0406. The number of halogens is 2. The molecule has 0 aliphatic heterocycles. The highest BCUT2D eigenvalue weighted by molar-refractivity contribution is 6.39. The van der Waals surface area contributed by atoms with Crippen molar-refractivity contribution >= 4 is 35.3 Å². The fraction of sp³-hybridized carbons (Fsp3) is 0.125. The molecule has 0 aliphatic carbocycles. The predicted molar refractivity (Wildman–Crippen MR) is 124 cm³/mol. The van der Waals surface area contributed by atoms with E-state index in [1.54, 1.807) is 60.7 Å². The first-order valence-corrected chi connectivity index (χ1v) is 10.4. The first-order chi connectivity index (χ1) is 16.0. The number of carbonyl (C=O) groups is 2. The minimum Gasteiger partial charge on any atom is -0.490 e. The normalized spacial score (nSPS) is 10.6. The van der Waals surface area contributed by atoms with Crippen LogP contribution in [0.5, 0.6) is 11.5 Å². The van der Waals surface area contributed by atoms with Crippen molar-refractivity contribution in [3.63, 3.8) is 0 Å². The molecule has 33 heavy (non-hydrogen) atoms. The molecule has 0 bridgehead atoms. The van der Waals surface area contributed by atoms with E-state index in [-0.39, 0.29) is 12.4 Å². The molecule has 2 amide bonds. The average Bonchev–Trinajstić information content (AvgIpc) is 2.81. The number of benzene rings is 3. The van der Waals surface area contributed by atoms with Gasteiger partial charge in [0.15, 0.2) is 11.5 Å². The van der Waals surface area contributed by atoms with Crippen molar-refractivity contribution in [3.8, 4) is 11.5 Å². The Morgan fingerprint density at radius 3 is 2.48 bits per heavy atom.